The summed E-state index contributed by atoms with van der Waals surface area (Å²) in [5, 5.41) is 2.51. The number of ether oxygens (including phenoxy) is 2. The van der Waals surface area contributed by atoms with Gasteiger partial charge in [-0.1, -0.05) is 42.0 Å². The number of anilines is 1. The second-order valence-electron chi connectivity index (χ2n) is 7.69. The Morgan fingerprint density at radius 1 is 0.970 bits per heavy atom. The Bertz CT molecular complexity index is 1230. The van der Waals surface area contributed by atoms with Gasteiger partial charge in [0.1, 0.15) is 6.61 Å². The third-order valence-corrected chi connectivity index (χ3v) is 5.19. The summed E-state index contributed by atoms with van der Waals surface area (Å²) >= 11 is 0. The Kier molecular flexibility index (Phi) is 6.14. The highest BCUT2D eigenvalue weighted by atomic mass is 19.4. The van der Waals surface area contributed by atoms with E-state index in [9.17, 15) is 18.0 Å². The van der Waals surface area contributed by atoms with Crippen LogP contribution in [0.4, 0.5) is 18.9 Å². The number of halogens is 3. The smallest absolute Gasteiger partial charge is 0.416 e. The molecule has 1 heterocycles. The average molecular weight is 453 g/mol. The van der Waals surface area contributed by atoms with Gasteiger partial charge in [0.05, 0.1) is 12.2 Å². The van der Waals surface area contributed by atoms with Gasteiger partial charge in [0.2, 0.25) is 0 Å². The maximum Gasteiger partial charge on any atom is 0.416 e. The molecule has 4 nitrogen and oxygen atoms in total. The summed E-state index contributed by atoms with van der Waals surface area (Å²) < 4.78 is 50.6. The molecule has 1 amide bonds. The summed E-state index contributed by atoms with van der Waals surface area (Å²) in [6.45, 7) is 4.66. The van der Waals surface area contributed by atoms with Crippen molar-refractivity contribution in [3.8, 4) is 11.5 Å². The summed E-state index contributed by atoms with van der Waals surface area (Å²) in [4.78, 5) is 12.4. The van der Waals surface area contributed by atoms with Crippen molar-refractivity contribution in [2.75, 3.05) is 11.9 Å². The third-order valence-electron chi connectivity index (χ3n) is 5.19. The van der Waals surface area contributed by atoms with E-state index in [2.05, 4.69) is 5.32 Å². The van der Waals surface area contributed by atoms with Crippen molar-refractivity contribution in [3.63, 3.8) is 0 Å². The first-order chi connectivity index (χ1) is 15.7. The molecular weight excluding hydrogens is 431 g/mol. The molecule has 0 saturated carbocycles. The van der Waals surface area contributed by atoms with Crippen molar-refractivity contribution in [2.45, 2.75) is 26.6 Å². The van der Waals surface area contributed by atoms with Gasteiger partial charge < -0.3 is 14.8 Å². The number of rotatable bonds is 6. The number of hydrogen-bond donors (Lipinski definition) is 1. The lowest BCUT2D eigenvalue weighted by Crippen LogP contribution is -2.06. The fourth-order valence-corrected chi connectivity index (χ4v) is 3.65. The maximum absolute atomic E-state index is 13.0. The number of carbonyl (C=O) groups excluding carboxylic acids is 1. The van der Waals surface area contributed by atoms with Crippen LogP contribution in [0.3, 0.4) is 0 Å². The fraction of sp³-hybridized carbons (Fsp3) is 0.192. The molecule has 0 saturated heterocycles. The molecule has 7 heteroatoms. The predicted octanol–water partition coefficient (Wildman–Crippen LogP) is 6.48. The molecule has 0 atom stereocenters. The SMILES string of the molecule is CCOc1cc(/C=C2/C(=O)Nc3cc(C(F)(F)F)ccc32)ccc1OCc1cccc(C)c1. The highest BCUT2D eigenvalue weighted by Gasteiger charge is 2.33. The van der Waals surface area contributed by atoms with E-state index in [-0.39, 0.29) is 11.3 Å². The molecular formula is C26H22F3NO3. The normalized spacial score (nSPS) is 14.2. The summed E-state index contributed by atoms with van der Waals surface area (Å²) in [5.41, 5.74) is 2.88. The van der Waals surface area contributed by atoms with Gasteiger partial charge in [-0.15, -0.1) is 0 Å². The van der Waals surface area contributed by atoms with Crippen LogP contribution in [0.15, 0.2) is 60.7 Å². The number of amides is 1. The summed E-state index contributed by atoms with van der Waals surface area (Å²) in [6.07, 6.45) is -2.85. The van der Waals surface area contributed by atoms with E-state index >= 15 is 0 Å². The Morgan fingerprint density at radius 3 is 2.52 bits per heavy atom. The third kappa shape index (κ3) is 5.03. The number of alkyl halides is 3. The standard InChI is InChI=1S/C26H22F3NO3/c1-3-32-24-13-17(7-10-23(24)33-15-18-6-4-5-16(2)11-18)12-21-20-9-8-19(26(27,28)29)14-22(20)30-25(21)31/h4-14H,3,15H2,1-2H3,(H,30,31)/b21-12+. The zero-order chi connectivity index (χ0) is 23.6. The molecule has 33 heavy (non-hydrogen) atoms. The molecule has 0 radical (unpaired) electrons. The lowest BCUT2D eigenvalue weighted by molar-refractivity contribution is -0.137. The van der Waals surface area contributed by atoms with Crippen LogP contribution in [0.5, 0.6) is 11.5 Å². The summed E-state index contributed by atoms with van der Waals surface area (Å²) in [5.74, 6) is 0.624. The molecule has 0 spiro atoms. The number of nitrogens with one attached hydrogen (secondary N) is 1. The van der Waals surface area contributed by atoms with E-state index in [4.69, 9.17) is 9.47 Å². The van der Waals surface area contributed by atoms with Crippen LogP contribution < -0.4 is 14.8 Å². The first-order valence-corrected chi connectivity index (χ1v) is 10.4. The van der Waals surface area contributed by atoms with Crippen molar-refractivity contribution < 1.29 is 27.4 Å². The van der Waals surface area contributed by atoms with E-state index in [0.717, 1.165) is 23.3 Å². The van der Waals surface area contributed by atoms with E-state index in [0.29, 0.717) is 35.8 Å². The number of hydrogen-bond acceptors (Lipinski definition) is 3. The fourth-order valence-electron chi connectivity index (χ4n) is 3.65. The van der Waals surface area contributed by atoms with E-state index in [1.807, 2.05) is 38.1 Å². The van der Waals surface area contributed by atoms with Crippen molar-refractivity contribution in [3.05, 3.63) is 88.5 Å². The minimum absolute atomic E-state index is 0.143. The first kappa shape index (κ1) is 22.5. The van der Waals surface area contributed by atoms with Crippen LogP contribution >= 0.6 is 0 Å². The Balaban J connectivity index is 1.61. The second-order valence-corrected chi connectivity index (χ2v) is 7.69. The first-order valence-electron chi connectivity index (χ1n) is 10.4. The zero-order valence-electron chi connectivity index (χ0n) is 18.1. The van der Waals surface area contributed by atoms with Crippen molar-refractivity contribution >= 4 is 23.2 Å². The van der Waals surface area contributed by atoms with Crippen LogP contribution in [0, 0.1) is 6.92 Å². The van der Waals surface area contributed by atoms with Gasteiger partial charge in [0.25, 0.3) is 5.91 Å². The van der Waals surface area contributed by atoms with Gasteiger partial charge in [-0.25, -0.2) is 0 Å². The average Bonchev–Trinajstić information content (AvgIpc) is 3.07. The molecule has 0 aromatic heterocycles. The largest absolute Gasteiger partial charge is 0.490 e. The quantitative estimate of drug-likeness (QED) is 0.435. The summed E-state index contributed by atoms with van der Waals surface area (Å²) in [6, 6.07) is 16.5. The van der Waals surface area contributed by atoms with Crippen LogP contribution in [0.2, 0.25) is 0 Å². The Morgan fingerprint density at radius 2 is 1.79 bits per heavy atom. The topological polar surface area (TPSA) is 47.6 Å². The maximum atomic E-state index is 13.0. The number of benzene rings is 3. The Labute approximate surface area is 189 Å². The van der Waals surface area contributed by atoms with Gasteiger partial charge in [0, 0.05) is 16.8 Å². The van der Waals surface area contributed by atoms with E-state index in [1.54, 1.807) is 24.3 Å². The van der Waals surface area contributed by atoms with Crippen LogP contribution in [0.1, 0.15) is 34.7 Å². The monoisotopic (exact) mass is 453 g/mol. The minimum Gasteiger partial charge on any atom is -0.490 e. The molecule has 170 valence electrons. The van der Waals surface area contributed by atoms with Gasteiger partial charge in [0.15, 0.2) is 11.5 Å². The number of fused-ring (bicyclic) bond motifs is 1. The molecule has 1 aliphatic rings. The van der Waals surface area contributed by atoms with Crippen molar-refractivity contribution in [1.29, 1.82) is 0 Å². The summed E-state index contributed by atoms with van der Waals surface area (Å²) in [7, 11) is 0. The highest BCUT2D eigenvalue weighted by molar-refractivity contribution is 6.34. The Hall–Kier alpha value is -3.74. The molecule has 3 aromatic carbocycles. The molecule has 1 aliphatic heterocycles. The molecule has 3 aromatic rings. The van der Waals surface area contributed by atoms with Gasteiger partial charge >= 0.3 is 6.18 Å². The van der Waals surface area contributed by atoms with E-state index in [1.165, 1.54) is 6.07 Å². The van der Waals surface area contributed by atoms with Gasteiger partial charge in [-0.2, -0.15) is 13.2 Å². The molecule has 1 N–H and O–H groups in total. The van der Waals surface area contributed by atoms with Crippen molar-refractivity contribution in [1.82, 2.24) is 0 Å². The van der Waals surface area contributed by atoms with E-state index < -0.39 is 17.6 Å². The van der Waals surface area contributed by atoms with Gasteiger partial charge in [-0.3, -0.25) is 4.79 Å². The highest BCUT2D eigenvalue weighted by Crippen LogP contribution is 2.39. The minimum atomic E-state index is -4.48. The second kappa shape index (κ2) is 9.02. The lowest BCUT2D eigenvalue weighted by atomic mass is 10.0. The van der Waals surface area contributed by atoms with Crippen molar-refractivity contribution in [2.24, 2.45) is 0 Å². The molecule has 0 unspecified atom stereocenters. The lowest BCUT2D eigenvalue weighted by Gasteiger charge is -2.13. The zero-order valence-corrected chi connectivity index (χ0v) is 18.1. The number of aryl methyl sites for hydroxylation is 1. The van der Waals surface area contributed by atoms with Gasteiger partial charge in [-0.05, 0) is 55.3 Å². The number of carbonyl (C=O) groups is 1. The molecule has 4 rings (SSSR count). The molecule has 0 aliphatic carbocycles. The van der Waals surface area contributed by atoms with Crippen LogP contribution in [-0.2, 0) is 17.6 Å². The molecule has 0 fully saturated rings. The van der Waals surface area contributed by atoms with Crippen LogP contribution in [0.25, 0.3) is 11.6 Å². The predicted molar refractivity (Wildman–Crippen MR) is 121 cm³/mol. The molecule has 0 bridgehead atoms. The van der Waals surface area contributed by atoms with Crippen LogP contribution in [-0.4, -0.2) is 12.5 Å².